The number of aryl methyl sites for hydroxylation is 1. The van der Waals surface area contributed by atoms with E-state index in [4.69, 9.17) is 10.8 Å². The SMILES string of the molecule is NC(=O)Cc1cnc(Nc2ccc(CCCO)cc2)cc1NCc1cc(F)cc(F)c1. The van der Waals surface area contributed by atoms with Crippen LogP contribution in [0.2, 0.25) is 0 Å². The standard InChI is InChI=1S/C23H24F2N4O2/c24-18-8-16(9-19(25)11-18)13-27-21-12-23(28-14-17(21)10-22(26)31)29-20-5-3-15(4-6-20)2-1-7-30/h3-6,8-9,11-12,14,30H,1-2,7,10,13H2,(H2,26,31)(H2,27,28,29). The van der Waals surface area contributed by atoms with Gasteiger partial charge >= 0.3 is 0 Å². The van der Waals surface area contributed by atoms with Gasteiger partial charge in [0.2, 0.25) is 5.91 Å². The number of primary amides is 1. The van der Waals surface area contributed by atoms with E-state index in [9.17, 15) is 13.6 Å². The fourth-order valence-electron chi connectivity index (χ4n) is 3.14. The zero-order valence-electron chi connectivity index (χ0n) is 16.9. The Balaban J connectivity index is 1.76. The molecule has 1 heterocycles. The predicted octanol–water partition coefficient (Wildman–Crippen LogP) is 3.67. The Labute approximate surface area is 179 Å². The Morgan fingerprint density at radius 3 is 2.39 bits per heavy atom. The number of aliphatic hydroxyl groups is 1. The van der Waals surface area contributed by atoms with Crippen LogP contribution in [0.25, 0.3) is 0 Å². The molecule has 0 bridgehead atoms. The summed E-state index contributed by atoms with van der Waals surface area (Å²) in [7, 11) is 0. The van der Waals surface area contributed by atoms with Crippen molar-refractivity contribution in [3.05, 3.63) is 83.1 Å². The van der Waals surface area contributed by atoms with E-state index in [1.165, 1.54) is 18.3 Å². The molecule has 0 radical (unpaired) electrons. The average molecular weight is 426 g/mol. The molecule has 1 amide bonds. The normalized spacial score (nSPS) is 10.7. The van der Waals surface area contributed by atoms with Gasteiger partial charge in [0.15, 0.2) is 0 Å². The van der Waals surface area contributed by atoms with E-state index in [1.54, 1.807) is 6.07 Å². The van der Waals surface area contributed by atoms with Gasteiger partial charge < -0.3 is 21.5 Å². The molecule has 3 rings (SSSR count). The molecule has 5 N–H and O–H groups in total. The van der Waals surface area contributed by atoms with Crippen LogP contribution < -0.4 is 16.4 Å². The van der Waals surface area contributed by atoms with Gasteiger partial charge in [0.1, 0.15) is 17.5 Å². The summed E-state index contributed by atoms with van der Waals surface area (Å²) >= 11 is 0. The second-order valence-corrected chi connectivity index (χ2v) is 7.15. The van der Waals surface area contributed by atoms with E-state index >= 15 is 0 Å². The molecule has 2 aromatic carbocycles. The zero-order valence-corrected chi connectivity index (χ0v) is 16.9. The lowest BCUT2D eigenvalue weighted by Crippen LogP contribution is -2.15. The van der Waals surface area contributed by atoms with Crippen molar-refractivity contribution in [2.75, 3.05) is 17.2 Å². The first-order chi connectivity index (χ1) is 14.9. The Kier molecular flexibility index (Phi) is 7.50. The lowest BCUT2D eigenvalue weighted by molar-refractivity contribution is -0.117. The van der Waals surface area contributed by atoms with E-state index in [-0.39, 0.29) is 19.6 Å². The van der Waals surface area contributed by atoms with Crippen molar-refractivity contribution in [1.82, 2.24) is 4.98 Å². The third-order valence-electron chi connectivity index (χ3n) is 4.61. The number of amides is 1. The van der Waals surface area contributed by atoms with Crippen LogP contribution in [0, 0.1) is 11.6 Å². The molecular formula is C23H24F2N4O2. The largest absolute Gasteiger partial charge is 0.396 e. The summed E-state index contributed by atoms with van der Waals surface area (Å²) in [6, 6.07) is 12.8. The molecular weight excluding hydrogens is 402 g/mol. The Bertz CT molecular complexity index is 1020. The van der Waals surface area contributed by atoms with E-state index in [1.807, 2.05) is 24.3 Å². The van der Waals surface area contributed by atoms with Crippen LogP contribution in [0.5, 0.6) is 0 Å². The molecule has 3 aromatic rings. The molecule has 31 heavy (non-hydrogen) atoms. The summed E-state index contributed by atoms with van der Waals surface area (Å²) < 4.78 is 26.9. The summed E-state index contributed by atoms with van der Waals surface area (Å²) in [5.41, 5.74) is 8.85. The topological polar surface area (TPSA) is 100 Å². The van der Waals surface area contributed by atoms with Crippen LogP contribution in [0.15, 0.2) is 54.7 Å². The summed E-state index contributed by atoms with van der Waals surface area (Å²) in [6.45, 7) is 0.309. The summed E-state index contributed by atoms with van der Waals surface area (Å²) in [5.74, 6) is -1.30. The lowest BCUT2D eigenvalue weighted by Gasteiger charge is -2.14. The highest BCUT2D eigenvalue weighted by Crippen LogP contribution is 2.23. The summed E-state index contributed by atoms with van der Waals surface area (Å²) in [4.78, 5) is 15.7. The van der Waals surface area contributed by atoms with E-state index in [0.717, 1.165) is 23.7 Å². The second-order valence-electron chi connectivity index (χ2n) is 7.15. The Morgan fingerprint density at radius 1 is 1.03 bits per heavy atom. The van der Waals surface area contributed by atoms with Gasteiger partial charge in [0.25, 0.3) is 0 Å². The minimum absolute atomic E-state index is 0.0212. The van der Waals surface area contributed by atoms with E-state index in [2.05, 4.69) is 15.6 Å². The highest BCUT2D eigenvalue weighted by atomic mass is 19.1. The maximum Gasteiger partial charge on any atom is 0.221 e. The smallest absolute Gasteiger partial charge is 0.221 e. The highest BCUT2D eigenvalue weighted by Gasteiger charge is 2.10. The van der Waals surface area contributed by atoms with Gasteiger partial charge in [-0.15, -0.1) is 0 Å². The third-order valence-corrected chi connectivity index (χ3v) is 4.61. The number of carbonyl (C=O) groups excluding carboxylic acids is 1. The number of rotatable bonds is 10. The van der Waals surface area contributed by atoms with Crippen molar-refractivity contribution >= 4 is 23.1 Å². The molecule has 0 aliphatic rings. The van der Waals surface area contributed by atoms with Crippen LogP contribution in [0.1, 0.15) is 23.1 Å². The quantitative estimate of drug-likeness (QED) is 0.396. The van der Waals surface area contributed by atoms with Crippen molar-refractivity contribution in [3.63, 3.8) is 0 Å². The summed E-state index contributed by atoms with van der Waals surface area (Å²) in [5, 5.41) is 15.2. The van der Waals surface area contributed by atoms with Crippen LogP contribution in [0.3, 0.4) is 0 Å². The Morgan fingerprint density at radius 2 is 1.74 bits per heavy atom. The number of anilines is 3. The molecule has 1 aromatic heterocycles. The van der Waals surface area contributed by atoms with E-state index in [0.29, 0.717) is 29.1 Å². The predicted molar refractivity (Wildman–Crippen MR) is 116 cm³/mol. The number of hydrogen-bond acceptors (Lipinski definition) is 5. The minimum atomic E-state index is -0.659. The molecule has 162 valence electrons. The number of hydrogen-bond donors (Lipinski definition) is 4. The van der Waals surface area contributed by atoms with Gasteiger partial charge in [-0.1, -0.05) is 12.1 Å². The first-order valence-corrected chi connectivity index (χ1v) is 9.86. The molecule has 0 aliphatic carbocycles. The number of pyridine rings is 1. The molecule has 0 saturated heterocycles. The maximum atomic E-state index is 13.4. The fraction of sp³-hybridized carbons (Fsp3) is 0.217. The molecule has 0 saturated carbocycles. The minimum Gasteiger partial charge on any atom is -0.396 e. The van der Waals surface area contributed by atoms with Crippen molar-refractivity contribution in [3.8, 4) is 0 Å². The second kappa shape index (κ2) is 10.5. The zero-order chi connectivity index (χ0) is 22.2. The van der Waals surface area contributed by atoms with Crippen LogP contribution in [-0.2, 0) is 24.2 Å². The summed E-state index contributed by atoms with van der Waals surface area (Å²) in [6.07, 6.45) is 3.02. The first-order valence-electron chi connectivity index (χ1n) is 9.86. The Hall–Kier alpha value is -3.52. The monoisotopic (exact) mass is 426 g/mol. The van der Waals surface area contributed by atoms with Crippen molar-refractivity contribution in [1.29, 1.82) is 0 Å². The first kappa shape index (κ1) is 22.2. The van der Waals surface area contributed by atoms with Gasteiger partial charge in [-0.2, -0.15) is 0 Å². The van der Waals surface area contributed by atoms with Crippen LogP contribution in [-0.4, -0.2) is 22.6 Å². The number of halogens is 2. The van der Waals surface area contributed by atoms with Crippen molar-refractivity contribution < 1.29 is 18.7 Å². The number of nitrogens with two attached hydrogens (primary N) is 1. The van der Waals surface area contributed by atoms with Crippen LogP contribution >= 0.6 is 0 Å². The van der Waals surface area contributed by atoms with Gasteiger partial charge in [-0.25, -0.2) is 13.8 Å². The number of aromatic nitrogens is 1. The van der Waals surface area contributed by atoms with Crippen LogP contribution in [0.4, 0.5) is 26.0 Å². The average Bonchev–Trinajstić information content (AvgIpc) is 2.72. The van der Waals surface area contributed by atoms with Gasteiger partial charge in [0, 0.05) is 48.4 Å². The van der Waals surface area contributed by atoms with Gasteiger partial charge in [0.05, 0.1) is 6.42 Å². The van der Waals surface area contributed by atoms with Gasteiger partial charge in [-0.3, -0.25) is 4.79 Å². The lowest BCUT2D eigenvalue weighted by atomic mass is 10.1. The number of nitrogens with zero attached hydrogens (tertiary/aromatic N) is 1. The van der Waals surface area contributed by atoms with Crippen molar-refractivity contribution in [2.45, 2.75) is 25.8 Å². The third kappa shape index (κ3) is 6.75. The fourth-order valence-corrected chi connectivity index (χ4v) is 3.14. The molecule has 0 atom stereocenters. The van der Waals surface area contributed by atoms with Gasteiger partial charge in [-0.05, 0) is 48.2 Å². The maximum absolute atomic E-state index is 13.4. The molecule has 0 unspecified atom stereocenters. The molecule has 0 aliphatic heterocycles. The molecule has 8 heteroatoms. The number of benzene rings is 2. The number of nitrogens with one attached hydrogen (secondary N) is 2. The molecule has 0 spiro atoms. The molecule has 0 fully saturated rings. The number of carbonyl (C=O) groups is 1. The molecule has 6 nitrogen and oxygen atoms in total. The van der Waals surface area contributed by atoms with Crippen molar-refractivity contribution in [2.24, 2.45) is 5.73 Å². The number of aliphatic hydroxyl groups excluding tert-OH is 1. The highest BCUT2D eigenvalue weighted by molar-refractivity contribution is 5.79. The van der Waals surface area contributed by atoms with E-state index < -0.39 is 17.5 Å².